The van der Waals surface area contributed by atoms with Gasteiger partial charge in [0.05, 0.1) is 0 Å². The van der Waals surface area contributed by atoms with Gasteiger partial charge in [-0.25, -0.2) is 0 Å². The van der Waals surface area contributed by atoms with Gasteiger partial charge in [-0.2, -0.15) is 0 Å². The average molecular weight is 78.3 g/mol. The summed E-state index contributed by atoms with van der Waals surface area (Å²) in [4.78, 5) is 0. The summed E-state index contributed by atoms with van der Waals surface area (Å²) in [6.07, 6.45) is 0. The Balaban J connectivity index is 0. The zero-order valence-corrected chi connectivity index (χ0v) is 6.53. The third kappa shape index (κ3) is 8.85. The molecule has 0 aliphatic heterocycles. The quantitative estimate of drug-likeness (QED) is 0.253. The smallest absolute Gasteiger partial charge is 1.00 e. The van der Waals surface area contributed by atoms with Crippen LogP contribution in [0.4, 0.5) is 4.70 Å². The van der Waals surface area contributed by atoms with Crippen molar-refractivity contribution in [1.82, 2.24) is 0 Å². The van der Waals surface area contributed by atoms with Crippen molar-refractivity contribution in [3.05, 3.63) is 0 Å². The molecule has 0 aliphatic rings. The van der Waals surface area contributed by atoms with E-state index in [-0.39, 0.29) is 81.9 Å². The van der Waals surface area contributed by atoms with Crippen LogP contribution in [0.1, 0.15) is 5.71 Å². The Morgan fingerprint density at radius 1 is 1.25 bits per heavy atom. The van der Waals surface area contributed by atoms with Crippen LogP contribution < -0.4 is 48.4 Å². The minimum Gasteiger partial charge on any atom is -1.00 e. The normalized spacial score (nSPS) is 0. The zero-order valence-electron chi connectivity index (χ0n) is 7.12. The van der Waals surface area contributed by atoms with Crippen LogP contribution in [0.2, 0.25) is 0 Å². The Kier molecular flexibility index (Phi) is 155. The van der Waals surface area contributed by atoms with Gasteiger partial charge in [0.2, 0.25) is 0 Å². The van der Waals surface area contributed by atoms with Crippen molar-refractivity contribution in [3.63, 3.8) is 0 Å². The molecule has 0 saturated carbocycles. The van der Waals surface area contributed by atoms with Gasteiger partial charge >= 0.3 is 71.5 Å². The van der Waals surface area contributed by atoms with Gasteiger partial charge in [-0.3, -0.25) is 4.70 Å². The Bertz CT molecular complexity index is 16.0. The van der Waals surface area contributed by atoms with Crippen LogP contribution >= 0.6 is 0 Å². The Morgan fingerprint density at radius 2 is 1.25 bits per heavy atom. The van der Waals surface area contributed by atoms with Crippen molar-refractivity contribution in [3.8, 4) is 0 Å². The van der Waals surface area contributed by atoms with Crippen LogP contribution in [0.5, 0.6) is 0 Å². The number of hydrogen-bond acceptors (Lipinski definition) is 0. The van der Waals surface area contributed by atoms with E-state index in [0.29, 0.717) is 0 Å². The second kappa shape index (κ2) is 18.6. The maximum Gasteiger partial charge on any atom is 2.00 e. The molecule has 0 bridgehead atoms. The van der Waals surface area contributed by atoms with Gasteiger partial charge in [0, 0.05) is 0 Å². The third-order valence-electron chi connectivity index (χ3n) is 0. The van der Waals surface area contributed by atoms with Crippen LogP contribution in [0, 0.1) is 0 Å². The fourth-order valence-electron chi connectivity index (χ4n) is 0. The van der Waals surface area contributed by atoms with Gasteiger partial charge in [-0.15, -0.1) is 0 Å². The Labute approximate surface area is 81.0 Å². The van der Waals surface area contributed by atoms with E-state index in [1.165, 1.54) is 0 Å². The van der Waals surface area contributed by atoms with Crippen LogP contribution in [-0.2, 0) is 0 Å². The average Bonchev–Trinajstić information content (AvgIpc) is 0. The molecule has 0 unspecified atom stereocenters. The number of rotatable bonds is 0. The van der Waals surface area contributed by atoms with E-state index >= 15 is 0 Å². The van der Waals surface area contributed by atoms with Crippen LogP contribution in [-0.4, -0.2) is 23.1 Å². The predicted octanol–water partition coefficient (Wildman–Crippen LogP) is -5.77. The molecule has 0 aliphatic carbocycles. The minimum absolute atomic E-state index is 0. The summed E-state index contributed by atoms with van der Waals surface area (Å²) in [5.41, 5.74) is 0. The van der Waals surface area contributed by atoms with Crippen molar-refractivity contribution in [1.29, 1.82) is 0 Å². The summed E-state index contributed by atoms with van der Waals surface area (Å²) in [7, 11) is 0. The Hall–Kier alpha value is 2.29. The van der Waals surface area contributed by atoms with E-state index in [2.05, 4.69) is 0 Å². The molecule has 0 aromatic rings. The molecule has 0 saturated heterocycles. The van der Waals surface area contributed by atoms with Crippen molar-refractivity contribution < 1.29 is 58.8 Å². The fraction of sp³-hybridized carbons (Fsp3) is 0. The molecular weight excluding hydrogens is 73.2 g/mol. The van der Waals surface area contributed by atoms with E-state index in [9.17, 15) is 0 Å². The van der Waals surface area contributed by atoms with E-state index in [1.54, 1.807) is 0 Å². The van der Waals surface area contributed by atoms with Gasteiger partial charge < -0.3 is 5.71 Å². The maximum absolute atomic E-state index is 0. The van der Waals surface area contributed by atoms with Gasteiger partial charge in [0.25, 0.3) is 0 Å². The summed E-state index contributed by atoms with van der Waals surface area (Å²) in [5.74, 6) is 0. The summed E-state index contributed by atoms with van der Waals surface area (Å²) in [5, 5.41) is 0. The fourth-order valence-corrected chi connectivity index (χ4v) is 0. The summed E-state index contributed by atoms with van der Waals surface area (Å²) in [6.45, 7) is 0. The molecule has 0 nitrogen and oxygen atoms in total. The second-order valence-corrected chi connectivity index (χ2v) is 0. The molecule has 0 atom stereocenters. The van der Waals surface area contributed by atoms with Crippen LogP contribution in [0.15, 0.2) is 0 Å². The number of hydrogen-bond donors (Lipinski definition) is 0. The van der Waals surface area contributed by atoms with Gasteiger partial charge in [0.1, 0.15) is 0 Å². The summed E-state index contributed by atoms with van der Waals surface area (Å²) in [6, 6.07) is 0. The molecule has 0 fully saturated rings. The van der Waals surface area contributed by atoms with Crippen LogP contribution in [0.3, 0.4) is 0 Å². The molecule has 0 aromatic carbocycles. The second-order valence-electron chi connectivity index (χ2n) is 0. The first-order chi connectivity index (χ1) is 0. The zero-order chi connectivity index (χ0) is 0. The summed E-state index contributed by atoms with van der Waals surface area (Å²) >= 11 is 0. The molecule has 0 aromatic heterocycles. The molecule has 0 amide bonds. The molecular formula is H5FLiMgNa. The van der Waals surface area contributed by atoms with Crippen molar-refractivity contribution in [2.24, 2.45) is 0 Å². The molecule has 0 N–H and O–H groups in total. The molecule has 0 radical (unpaired) electrons. The maximum atomic E-state index is 0. The standard InChI is InChI=1S/FH.Li.Mg.Na.4H/h1H;;;;;;;/q;+1;+2;+1;4*-1. The van der Waals surface area contributed by atoms with E-state index in [0.717, 1.165) is 0 Å². The number of halogens is 1. The van der Waals surface area contributed by atoms with E-state index in [1.807, 2.05) is 0 Å². The SMILES string of the molecule is F.[H-].[H-].[H-].[H-].[Li+].[Mg+2].[Na+]. The molecule has 0 rings (SSSR count). The van der Waals surface area contributed by atoms with Gasteiger partial charge in [0.15, 0.2) is 0 Å². The first-order valence-corrected chi connectivity index (χ1v) is 0. The first-order valence-electron chi connectivity index (χ1n) is 0. The monoisotopic (exact) mass is 78.0 g/mol. The first kappa shape index (κ1) is 33.5. The largest absolute Gasteiger partial charge is 2.00 e. The predicted molar refractivity (Wildman–Crippen MR) is 12.7 cm³/mol. The van der Waals surface area contributed by atoms with Crippen molar-refractivity contribution in [2.45, 2.75) is 0 Å². The van der Waals surface area contributed by atoms with E-state index in [4.69, 9.17) is 0 Å². The third-order valence-corrected chi connectivity index (χ3v) is 0. The molecule has 0 heterocycles. The summed E-state index contributed by atoms with van der Waals surface area (Å²) < 4.78 is 0. The van der Waals surface area contributed by atoms with E-state index < -0.39 is 0 Å². The van der Waals surface area contributed by atoms with Crippen molar-refractivity contribution in [2.75, 3.05) is 0 Å². The minimum atomic E-state index is 0. The van der Waals surface area contributed by atoms with Gasteiger partial charge in [-0.1, -0.05) is 0 Å². The molecule has 4 heavy (non-hydrogen) atoms. The molecule has 4 heteroatoms. The van der Waals surface area contributed by atoms with Crippen molar-refractivity contribution >= 4 is 23.1 Å². The topological polar surface area (TPSA) is 0 Å². The van der Waals surface area contributed by atoms with Gasteiger partial charge in [-0.05, 0) is 0 Å². The molecule has 0 spiro atoms. The Morgan fingerprint density at radius 3 is 1.25 bits per heavy atom. The molecule has 16 valence electrons. The van der Waals surface area contributed by atoms with Crippen LogP contribution in [0.25, 0.3) is 0 Å².